The summed E-state index contributed by atoms with van der Waals surface area (Å²) in [5.74, 6) is 1.63. The van der Waals surface area contributed by atoms with Crippen LogP contribution in [0.1, 0.15) is 36.9 Å². The van der Waals surface area contributed by atoms with Crippen molar-refractivity contribution in [2.24, 2.45) is 4.99 Å². The monoisotopic (exact) mass is 417 g/mol. The van der Waals surface area contributed by atoms with Gasteiger partial charge in [0.25, 0.3) is 0 Å². The number of rotatable bonds is 8. The molecule has 162 valence electrons. The third-order valence-corrected chi connectivity index (χ3v) is 5.54. The van der Waals surface area contributed by atoms with Crippen molar-refractivity contribution in [3.05, 3.63) is 78.2 Å². The lowest BCUT2D eigenvalue weighted by Gasteiger charge is -2.29. The molecule has 1 aliphatic rings. The summed E-state index contributed by atoms with van der Waals surface area (Å²) in [4.78, 5) is 11.8. The lowest BCUT2D eigenvalue weighted by molar-refractivity contribution is 0.245. The van der Waals surface area contributed by atoms with E-state index in [9.17, 15) is 0 Å². The quantitative estimate of drug-likeness (QED) is 0.435. The molecule has 1 aromatic carbocycles. The molecule has 0 bridgehead atoms. The number of benzene rings is 1. The van der Waals surface area contributed by atoms with Crippen molar-refractivity contribution in [3.8, 4) is 5.82 Å². The number of nitrogens with zero attached hydrogens (tertiary/aromatic N) is 5. The van der Waals surface area contributed by atoms with Gasteiger partial charge in [-0.15, -0.1) is 0 Å². The maximum Gasteiger partial charge on any atom is 0.191 e. The zero-order valence-corrected chi connectivity index (χ0v) is 18.1. The predicted molar refractivity (Wildman–Crippen MR) is 124 cm³/mol. The smallest absolute Gasteiger partial charge is 0.191 e. The number of hydrogen-bond acceptors (Lipinski definition) is 4. The maximum atomic E-state index is 4.82. The summed E-state index contributed by atoms with van der Waals surface area (Å²) in [7, 11) is 0. The van der Waals surface area contributed by atoms with Gasteiger partial charge in [0, 0.05) is 31.7 Å². The van der Waals surface area contributed by atoms with Crippen molar-refractivity contribution in [3.63, 3.8) is 0 Å². The summed E-state index contributed by atoms with van der Waals surface area (Å²) < 4.78 is 1.76. The van der Waals surface area contributed by atoms with E-state index in [-0.39, 0.29) is 0 Å². The Morgan fingerprint density at radius 3 is 2.65 bits per heavy atom. The molecule has 0 radical (unpaired) electrons. The first-order valence-corrected chi connectivity index (χ1v) is 11.1. The van der Waals surface area contributed by atoms with Gasteiger partial charge in [0.1, 0.15) is 0 Å². The van der Waals surface area contributed by atoms with Crippen LogP contribution >= 0.6 is 0 Å². The number of hydrogen-bond donors (Lipinski definition) is 2. The number of guanidine groups is 1. The molecule has 0 aliphatic carbocycles. The van der Waals surface area contributed by atoms with E-state index < -0.39 is 0 Å². The Kier molecular flexibility index (Phi) is 7.28. The lowest BCUT2D eigenvalue weighted by atomic mass is 10.1. The number of nitrogens with one attached hydrogen (secondary N) is 2. The van der Waals surface area contributed by atoms with E-state index in [1.807, 2.05) is 24.4 Å². The number of likely N-dealkylation sites (tertiary alicyclic amines) is 1. The molecule has 7 nitrogen and oxygen atoms in total. The van der Waals surface area contributed by atoms with E-state index in [4.69, 9.17) is 4.99 Å². The third kappa shape index (κ3) is 5.70. The Bertz CT molecular complexity index is 947. The van der Waals surface area contributed by atoms with Crippen LogP contribution < -0.4 is 10.6 Å². The topological polar surface area (TPSA) is 70.4 Å². The SMILES string of the molecule is CCNC(=NCc1ccnc(-n2cccn2)c1)NCC(c1ccccc1)N1CCCC1. The molecule has 7 heteroatoms. The van der Waals surface area contributed by atoms with E-state index in [0.717, 1.165) is 43.5 Å². The molecule has 0 spiro atoms. The second-order valence-electron chi connectivity index (χ2n) is 7.72. The van der Waals surface area contributed by atoms with E-state index in [2.05, 4.69) is 62.9 Å². The second-order valence-corrected chi connectivity index (χ2v) is 7.72. The van der Waals surface area contributed by atoms with E-state index >= 15 is 0 Å². The molecule has 2 aromatic heterocycles. The lowest BCUT2D eigenvalue weighted by Crippen LogP contribution is -2.42. The molecule has 31 heavy (non-hydrogen) atoms. The minimum atomic E-state index is 0.347. The maximum absolute atomic E-state index is 4.82. The van der Waals surface area contributed by atoms with Crippen LogP contribution in [0.5, 0.6) is 0 Å². The largest absolute Gasteiger partial charge is 0.357 e. The number of pyridine rings is 1. The summed E-state index contributed by atoms with van der Waals surface area (Å²) in [6.07, 6.45) is 8.00. The minimum absolute atomic E-state index is 0.347. The third-order valence-electron chi connectivity index (χ3n) is 5.54. The zero-order chi connectivity index (χ0) is 21.3. The molecule has 1 fully saturated rings. The average molecular weight is 418 g/mol. The summed E-state index contributed by atoms with van der Waals surface area (Å²) in [6, 6.07) is 17.0. The van der Waals surface area contributed by atoms with Gasteiger partial charge in [0.05, 0.1) is 12.6 Å². The Hall–Kier alpha value is -3.19. The van der Waals surface area contributed by atoms with Gasteiger partial charge < -0.3 is 10.6 Å². The van der Waals surface area contributed by atoms with Gasteiger partial charge in [-0.3, -0.25) is 4.90 Å². The van der Waals surface area contributed by atoms with Crippen LogP contribution in [-0.4, -0.2) is 51.8 Å². The van der Waals surface area contributed by atoms with Crippen LogP contribution in [-0.2, 0) is 6.54 Å². The van der Waals surface area contributed by atoms with Crippen LogP contribution in [0.15, 0.2) is 72.1 Å². The fourth-order valence-corrected chi connectivity index (χ4v) is 3.98. The van der Waals surface area contributed by atoms with Gasteiger partial charge in [-0.25, -0.2) is 14.7 Å². The molecule has 1 aliphatic heterocycles. The Balaban J connectivity index is 1.44. The summed E-state index contributed by atoms with van der Waals surface area (Å²) in [5, 5.41) is 11.2. The molecule has 0 amide bonds. The summed E-state index contributed by atoms with van der Waals surface area (Å²) in [6.45, 7) is 6.62. The molecule has 3 aromatic rings. The van der Waals surface area contributed by atoms with Crippen molar-refractivity contribution in [2.75, 3.05) is 26.2 Å². The fraction of sp³-hybridized carbons (Fsp3) is 0.375. The van der Waals surface area contributed by atoms with Gasteiger partial charge in [0.15, 0.2) is 11.8 Å². The highest BCUT2D eigenvalue weighted by molar-refractivity contribution is 5.79. The van der Waals surface area contributed by atoms with Crippen LogP contribution in [0.4, 0.5) is 0 Å². The highest BCUT2D eigenvalue weighted by Gasteiger charge is 2.23. The normalized spacial score (nSPS) is 15.7. The molecule has 2 N–H and O–H groups in total. The van der Waals surface area contributed by atoms with Gasteiger partial charge in [-0.1, -0.05) is 30.3 Å². The van der Waals surface area contributed by atoms with Crippen molar-refractivity contribution in [1.29, 1.82) is 0 Å². The Labute approximate surface area is 184 Å². The van der Waals surface area contributed by atoms with Crippen LogP contribution in [0.3, 0.4) is 0 Å². The number of aromatic nitrogens is 3. The molecular formula is C24H31N7. The highest BCUT2D eigenvalue weighted by Crippen LogP contribution is 2.24. The first kappa shape index (κ1) is 21.1. The first-order valence-electron chi connectivity index (χ1n) is 11.1. The highest BCUT2D eigenvalue weighted by atomic mass is 15.3. The summed E-state index contributed by atoms with van der Waals surface area (Å²) in [5.41, 5.74) is 2.45. The minimum Gasteiger partial charge on any atom is -0.357 e. The van der Waals surface area contributed by atoms with Crippen LogP contribution in [0.2, 0.25) is 0 Å². The second kappa shape index (κ2) is 10.7. The van der Waals surface area contributed by atoms with Gasteiger partial charge in [-0.2, -0.15) is 5.10 Å². The van der Waals surface area contributed by atoms with Crippen molar-refractivity contribution in [2.45, 2.75) is 32.4 Å². The van der Waals surface area contributed by atoms with E-state index in [0.29, 0.717) is 12.6 Å². The Morgan fingerprint density at radius 2 is 1.90 bits per heavy atom. The number of aliphatic imine (C=N–C) groups is 1. The molecule has 4 rings (SSSR count). The van der Waals surface area contributed by atoms with E-state index in [1.165, 1.54) is 18.4 Å². The van der Waals surface area contributed by atoms with E-state index in [1.54, 1.807) is 17.1 Å². The van der Waals surface area contributed by atoms with Crippen LogP contribution in [0, 0.1) is 0 Å². The van der Waals surface area contributed by atoms with Crippen molar-refractivity contribution < 1.29 is 0 Å². The Morgan fingerprint density at radius 1 is 1.06 bits per heavy atom. The standard InChI is InChI=1S/C24H31N7/c1-2-25-24(27-18-20-11-13-26-23(17-20)31-16-8-12-29-31)28-19-22(30-14-6-7-15-30)21-9-4-3-5-10-21/h3-5,8-13,16-17,22H,2,6-7,14-15,18-19H2,1H3,(H2,25,27,28). The molecule has 1 unspecified atom stereocenters. The van der Waals surface area contributed by atoms with Gasteiger partial charge >= 0.3 is 0 Å². The zero-order valence-electron chi connectivity index (χ0n) is 18.1. The molecule has 0 saturated carbocycles. The fourth-order valence-electron chi connectivity index (χ4n) is 3.98. The molecular weight excluding hydrogens is 386 g/mol. The van der Waals surface area contributed by atoms with Gasteiger partial charge in [-0.05, 0) is 62.2 Å². The predicted octanol–water partition coefficient (Wildman–Crippen LogP) is 3.16. The van der Waals surface area contributed by atoms with Crippen LogP contribution in [0.25, 0.3) is 5.82 Å². The first-order chi connectivity index (χ1) is 15.3. The van der Waals surface area contributed by atoms with Crippen molar-refractivity contribution in [1.82, 2.24) is 30.3 Å². The van der Waals surface area contributed by atoms with Crippen molar-refractivity contribution >= 4 is 5.96 Å². The summed E-state index contributed by atoms with van der Waals surface area (Å²) >= 11 is 0. The molecule has 1 atom stereocenters. The molecule has 1 saturated heterocycles. The average Bonchev–Trinajstić information content (AvgIpc) is 3.53. The van der Waals surface area contributed by atoms with Gasteiger partial charge in [0.2, 0.25) is 0 Å². The molecule has 3 heterocycles.